The Hall–Kier alpha value is -1.40. The highest BCUT2D eigenvalue weighted by Gasteiger charge is 2.26. The first-order valence-electron chi connectivity index (χ1n) is 7.66. The molecule has 0 amide bonds. The number of aliphatic hydroxyl groups is 1. The van der Waals surface area contributed by atoms with E-state index in [-0.39, 0.29) is 6.61 Å². The van der Waals surface area contributed by atoms with Crippen LogP contribution in [0, 0.1) is 0 Å². The van der Waals surface area contributed by atoms with Gasteiger partial charge in [0.2, 0.25) is 5.95 Å². The third-order valence-electron chi connectivity index (χ3n) is 4.17. The SMILES string of the molecule is CCc1cc2c(N(CCO)C3CCCC3)nc(N)nc2s1. The maximum absolute atomic E-state index is 9.44. The Balaban J connectivity index is 2.08. The number of aromatic nitrogens is 2. The molecule has 1 aliphatic rings. The number of anilines is 2. The molecule has 3 N–H and O–H groups in total. The van der Waals surface area contributed by atoms with Gasteiger partial charge in [0.15, 0.2) is 0 Å². The molecular weight excluding hydrogens is 284 g/mol. The Kier molecular flexibility index (Phi) is 4.26. The summed E-state index contributed by atoms with van der Waals surface area (Å²) in [6.45, 7) is 2.88. The summed E-state index contributed by atoms with van der Waals surface area (Å²) >= 11 is 1.68. The molecule has 0 saturated heterocycles. The highest BCUT2D eigenvalue weighted by atomic mass is 32.1. The van der Waals surface area contributed by atoms with Crippen molar-refractivity contribution in [2.45, 2.75) is 45.1 Å². The molecule has 5 nitrogen and oxygen atoms in total. The molecule has 0 unspecified atom stereocenters. The summed E-state index contributed by atoms with van der Waals surface area (Å²) < 4.78 is 0. The molecule has 0 atom stereocenters. The summed E-state index contributed by atoms with van der Waals surface area (Å²) in [5.74, 6) is 1.22. The Morgan fingerprint density at radius 1 is 1.38 bits per heavy atom. The molecule has 1 aliphatic carbocycles. The zero-order valence-corrected chi connectivity index (χ0v) is 13.2. The minimum Gasteiger partial charge on any atom is -0.395 e. The second-order valence-corrected chi connectivity index (χ2v) is 6.66. The van der Waals surface area contributed by atoms with Crippen molar-refractivity contribution < 1.29 is 5.11 Å². The average molecular weight is 306 g/mol. The summed E-state index contributed by atoms with van der Waals surface area (Å²) in [6.07, 6.45) is 5.82. The van der Waals surface area contributed by atoms with E-state index in [4.69, 9.17) is 5.73 Å². The molecule has 2 aromatic rings. The monoisotopic (exact) mass is 306 g/mol. The molecule has 1 fully saturated rings. The van der Waals surface area contributed by atoms with Gasteiger partial charge in [-0.05, 0) is 25.3 Å². The molecule has 2 heterocycles. The van der Waals surface area contributed by atoms with E-state index in [1.807, 2.05) is 0 Å². The van der Waals surface area contributed by atoms with E-state index in [1.54, 1.807) is 11.3 Å². The summed E-state index contributed by atoms with van der Waals surface area (Å²) in [5.41, 5.74) is 5.90. The van der Waals surface area contributed by atoms with Crippen LogP contribution < -0.4 is 10.6 Å². The van der Waals surface area contributed by atoms with Crippen LogP contribution in [0.2, 0.25) is 0 Å². The van der Waals surface area contributed by atoms with Crippen LogP contribution in [0.3, 0.4) is 0 Å². The maximum Gasteiger partial charge on any atom is 0.223 e. The quantitative estimate of drug-likeness (QED) is 0.888. The maximum atomic E-state index is 9.44. The number of aliphatic hydroxyl groups excluding tert-OH is 1. The van der Waals surface area contributed by atoms with E-state index in [0.29, 0.717) is 18.5 Å². The van der Waals surface area contributed by atoms with E-state index < -0.39 is 0 Å². The predicted octanol–water partition coefficient (Wildman–Crippen LogP) is 2.58. The van der Waals surface area contributed by atoms with Crippen molar-refractivity contribution in [2.75, 3.05) is 23.8 Å². The van der Waals surface area contributed by atoms with Crippen LogP contribution >= 0.6 is 11.3 Å². The van der Waals surface area contributed by atoms with Gasteiger partial charge in [-0.15, -0.1) is 11.3 Å². The van der Waals surface area contributed by atoms with E-state index >= 15 is 0 Å². The van der Waals surface area contributed by atoms with E-state index in [9.17, 15) is 5.11 Å². The van der Waals surface area contributed by atoms with Crippen molar-refractivity contribution in [3.8, 4) is 0 Å². The van der Waals surface area contributed by atoms with Gasteiger partial charge in [-0.25, -0.2) is 4.98 Å². The minimum atomic E-state index is 0.132. The van der Waals surface area contributed by atoms with Crippen molar-refractivity contribution in [1.29, 1.82) is 0 Å². The molecule has 21 heavy (non-hydrogen) atoms. The number of fused-ring (bicyclic) bond motifs is 1. The van der Waals surface area contributed by atoms with Gasteiger partial charge in [0.1, 0.15) is 10.6 Å². The molecule has 114 valence electrons. The lowest BCUT2D eigenvalue weighted by Crippen LogP contribution is -2.36. The molecule has 0 spiro atoms. The van der Waals surface area contributed by atoms with E-state index in [0.717, 1.165) is 35.3 Å². The molecular formula is C15H22N4OS. The summed E-state index contributed by atoms with van der Waals surface area (Å²) in [5, 5.41) is 10.5. The lowest BCUT2D eigenvalue weighted by Gasteiger charge is -2.30. The van der Waals surface area contributed by atoms with E-state index in [1.165, 1.54) is 17.7 Å². The smallest absolute Gasteiger partial charge is 0.223 e. The minimum absolute atomic E-state index is 0.132. The van der Waals surface area contributed by atoms with Gasteiger partial charge < -0.3 is 15.7 Å². The Bertz CT molecular complexity index is 621. The molecule has 0 radical (unpaired) electrons. The van der Waals surface area contributed by atoms with Crippen LogP contribution in [0.1, 0.15) is 37.5 Å². The van der Waals surface area contributed by atoms with Gasteiger partial charge in [-0.2, -0.15) is 4.98 Å². The number of rotatable bonds is 5. The lowest BCUT2D eigenvalue weighted by molar-refractivity contribution is 0.297. The Labute approximate surface area is 128 Å². The van der Waals surface area contributed by atoms with Gasteiger partial charge in [-0.1, -0.05) is 19.8 Å². The van der Waals surface area contributed by atoms with Crippen molar-refractivity contribution in [2.24, 2.45) is 0 Å². The predicted molar refractivity (Wildman–Crippen MR) is 87.9 cm³/mol. The molecule has 6 heteroatoms. The van der Waals surface area contributed by atoms with Crippen LogP contribution in [0.25, 0.3) is 10.2 Å². The number of nitrogens with two attached hydrogens (primary N) is 1. The average Bonchev–Trinajstić information content (AvgIpc) is 3.12. The Morgan fingerprint density at radius 2 is 2.14 bits per heavy atom. The van der Waals surface area contributed by atoms with Crippen LogP contribution in [0.5, 0.6) is 0 Å². The van der Waals surface area contributed by atoms with Crippen LogP contribution in [0.4, 0.5) is 11.8 Å². The fourth-order valence-corrected chi connectivity index (χ4v) is 4.12. The van der Waals surface area contributed by atoms with Crippen molar-refractivity contribution in [3.05, 3.63) is 10.9 Å². The number of nitrogen functional groups attached to an aromatic ring is 1. The number of nitrogens with zero attached hydrogens (tertiary/aromatic N) is 3. The van der Waals surface area contributed by atoms with Crippen LogP contribution in [-0.2, 0) is 6.42 Å². The van der Waals surface area contributed by atoms with Gasteiger partial charge in [-0.3, -0.25) is 0 Å². The van der Waals surface area contributed by atoms with Crippen LogP contribution in [0.15, 0.2) is 6.07 Å². The Morgan fingerprint density at radius 3 is 2.81 bits per heavy atom. The van der Waals surface area contributed by atoms with Crippen molar-refractivity contribution >= 4 is 33.3 Å². The zero-order chi connectivity index (χ0) is 14.8. The number of hydrogen-bond acceptors (Lipinski definition) is 6. The molecule has 1 saturated carbocycles. The van der Waals surface area contributed by atoms with Gasteiger partial charge in [0.05, 0.1) is 12.0 Å². The van der Waals surface area contributed by atoms with E-state index in [2.05, 4.69) is 27.9 Å². The van der Waals surface area contributed by atoms with Gasteiger partial charge in [0, 0.05) is 17.5 Å². The van der Waals surface area contributed by atoms with Gasteiger partial charge >= 0.3 is 0 Å². The molecule has 0 aliphatic heterocycles. The molecule has 0 aromatic carbocycles. The standard InChI is InChI=1S/C15H22N4OS/c1-2-11-9-12-13(17-15(16)18-14(12)21-11)19(7-8-20)10-5-3-4-6-10/h9-10,20H,2-8H2,1H3,(H2,16,17,18). The number of aryl methyl sites for hydroxylation is 1. The normalized spacial score (nSPS) is 15.9. The number of hydrogen-bond donors (Lipinski definition) is 2. The zero-order valence-electron chi connectivity index (χ0n) is 12.4. The van der Waals surface area contributed by atoms with Crippen LogP contribution in [-0.4, -0.2) is 34.3 Å². The fourth-order valence-electron chi connectivity index (χ4n) is 3.15. The lowest BCUT2D eigenvalue weighted by atomic mass is 10.2. The fraction of sp³-hybridized carbons (Fsp3) is 0.600. The first kappa shape index (κ1) is 14.5. The summed E-state index contributed by atoms with van der Waals surface area (Å²) in [6, 6.07) is 2.63. The first-order valence-corrected chi connectivity index (χ1v) is 8.48. The summed E-state index contributed by atoms with van der Waals surface area (Å²) in [7, 11) is 0. The second-order valence-electron chi connectivity index (χ2n) is 5.55. The first-order chi connectivity index (χ1) is 10.2. The molecule has 0 bridgehead atoms. The highest BCUT2D eigenvalue weighted by molar-refractivity contribution is 7.18. The van der Waals surface area contributed by atoms with Crippen molar-refractivity contribution in [3.63, 3.8) is 0 Å². The topological polar surface area (TPSA) is 75.3 Å². The van der Waals surface area contributed by atoms with Gasteiger partial charge in [0.25, 0.3) is 0 Å². The largest absolute Gasteiger partial charge is 0.395 e. The third-order valence-corrected chi connectivity index (χ3v) is 5.34. The second kappa shape index (κ2) is 6.15. The van der Waals surface area contributed by atoms with Crippen molar-refractivity contribution in [1.82, 2.24) is 9.97 Å². The summed E-state index contributed by atoms with van der Waals surface area (Å²) in [4.78, 5) is 13.4. The molecule has 3 rings (SSSR count). The highest BCUT2D eigenvalue weighted by Crippen LogP contribution is 2.35. The number of thiophene rings is 1. The molecule has 2 aromatic heterocycles. The third kappa shape index (κ3) is 2.82.